The highest BCUT2D eigenvalue weighted by molar-refractivity contribution is 5.34. The van der Waals surface area contributed by atoms with Crippen LogP contribution >= 0.6 is 0 Å². The number of aryl methyl sites for hydroxylation is 1. The molecular weight excluding hydrogens is 170 g/mol. The fourth-order valence-electron chi connectivity index (χ4n) is 1.77. The van der Waals surface area contributed by atoms with E-state index in [1.54, 1.807) is 0 Å². The first kappa shape index (κ1) is 9.07. The Morgan fingerprint density at radius 1 is 1.14 bits per heavy atom. The molecule has 1 nitrogen and oxygen atoms in total. The Hall–Kier alpha value is -1.50. The zero-order valence-electron chi connectivity index (χ0n) is 8.62. The molecule has 0 bridgehead atoms. The van der Waals surface area contributed by atoms with E-state index < -0.39 is 0 Å². The molecule has 0 saturated carbocycles. The SMILES string of the molecule is CC1=CC=CC(c2ccccc2C)N1. The summed E-state index contributed by atoms with van der Waals surface area (Å²) in [5, 5.41) is 3.45. The van der Waals surface area contributed by atoms with Crippen LogP contribution in [0.5, 0.6) is 0 Å². The lowest BCUT2D eigenvalue weighted by Gasteiger charge is -2.21. The number of nitrogens with one attached hydrogen (secondary N) is 1. The summed E-state index contributed by atoms with van der Waals surface area (Å²) in [7, 11) is 0. The van der Waals surface area contributed by atoms with Crippen LogP contribution in [0.25, 0.3) is 0 Å². The summed E-state index contributed by atoms with van der Waals surface area (Å²) in [5.74, 6) is 0. The molecular formula is C13H15N. The summed E-state index contributed by atoms with van der Waals surface area (Å²) in [4.78, 5) is 0. The van der Waals surface area contributed by atoms with Gasteiger partial charge in [0.15, 0.2) is 0 Å². The van der Waals surface area contributed by atoms with Crippen molar-refractivity contribution in [2.24, 2.45) is 0 Å². The summed E-state index contributed by atoms with van der Waals surface area (Å²) >= 11 is 0. The number of hydrogen-bond donors (Lipinski definition) is 1. The molecule has 1 aromatic carbocycles. The molecule has 0 radical (unpaired) electrons. The maximum atomic E-state index is 3.45. The van der Waals surface area contributed by atoms with Crippen molar-refractivity contribution in [2.75, 3.05) is 0 Å². The first-order valence-corrected chi connectivity index (χ1v) is 4.94. The fraction of sp³-hybridized carbons (Fsp3) is 0.231. The molecule has 0 aromatic heterocycles. The maximum absolute atomic E-state index is 3.45. The Morgan fingerprint density at radius 2 is 1.93 bits per heavy atom. The van der Waals surface area contributed by atoms with Gasteiger partial charge in [0, 0.05) is 5.70 Å². The zero-order chi connectivity index (χ0) is 9.97. The average Bonchev–Trinajstić information content (AvgIpc) is 2.18. The van der Waals surface area contributed by atoms with Crippen molar-refractivity contribution in [1.29, 1.82) is 0 Å². The largest absolute Gasteiger partial charge is 0.378 e. The molecule has 0 saturated heterocycles. The van der Waals surface area contributed by atoms with Crippen LogP contribution in [0.1, 0.15) is 24.1 Å². The first-order valence-electron chi connectivity index (χ1n) is 4.94. The minimum atomic E-state index is 0.334. The van der Waals surface area contributed by atoms with Crippen LogP contribution in [0.15, 0.2) is 48.2 Å². The van der Waals surface area contributed by atoms with Crippen molar-refractivity contribution in [1.82, 2.24) is 5.32 Å². The van der Waals surface area contributed by atoms with Gasteiger partial charge < -0.3 is 5.32 Å². The number of allylic oxidation sites excluding steroid dienone is 3. The normalized spacial score (nSPS) is 20.1. The molecule has 0 aliphatic carbocycles. The van der Waals surface area contributed by atoms with Crippen LogP contribution in [0.2, 0.25) is 0 Å². The molecule has 72 valence electrons. The Labute approximate surface area is 85.2 Å². The smallest absolute Gasteiger partial charge is 0.0700 e. The van der Waals surface area contributed by atoms with Gasteiger partial charge in [-0.25, -0.2) is 0 Å². The third-order valence-electron chi connectivity index (χ3n) is 2.56. The Bertz CT molecular complexity index is 388. The molecule has 1 heteroatoms. The second kappa shape index (κ2) is 3.70. The maximum Gasteiger partial charge on any atom is 0.0700 e. The van der Waals surface area contributed by atoms with Gasteiger partial charge in [0.05, 0.1) is 6.04 Å². The lowest BCUT2D eigenvalue weighted by atomic mass is 9.99. The van der Waals surface area contributed by atoms with Crippen LogP contribution in [-0.2, 0) is 0 Å². The molecule has 0 spiro atoms. The predicted molar refractivity (Wildman–Crippen MR) is 60.0 cm³/mol. The van der Waals surface area contributed by atoms with Crippen LogP contribution in [-0.4, -0.2) is 0 Å². The van der Waals surface area contributed by atoms with Crippen LogP contribution in [0.4, 0.5) is 0 Å². The molecule has 1 N–H and O–H groups in total. The molecule has 14 heavy (non-hydrogen) atoms. The van der Waals surface area contributed by atoms with Gasteiger partial charge in [0.2, 0.25) is 0 Å². The third kappa shape index (κ3) is 1.72. The van der Waals surface area contributed by atoms with E-state index >= 15 is 0 Å². The van der Waals surface area contributed by atoms with Crippen molar-refractivity contribution in [2.45, 2.75) is 19.9 Å². The van der Waals surface area contributed by atoms with Gasteiger partial charge in [-0.15, -0.1) is 0 Å². The molecule has 2 rings (SSSR count). The van der Waals surface area contributed by atoms with E-state index in [1.165, 1.54) is 16.8 Å². The Kier molecular flexibility index (Phi) is 2.40. The van der Waals surface area contributed by atoms with E-state index in [1.807, 2.05) is 0 Å². The van der Waals surface area contributed by atoms with Gasteiger partial charge in [-0.1, -0.05) is 36.4 Å². The molecule has 0 fully saturated rings. The molecule has 1 heterocycles. The zero-order valence-corrected chi connectivity index (χ0v) is 8.62. The van der Waals surface area contributed by atoms with Gasteiger partial charge >= 0.3 is 0 Å². The van der Waals surface area contributed by atoms with Gasteiger partial charge in [-0.2, -0.15) is 0 Å². The van der Waals surface area contributed by atoms with Crippen LogP contribution in [0.3, 0.4) is 0 Å². The van der Waals surface area contributed by atoms with E-state index in [0.717, 1.165) is 0 Å². The minimum Gasteiger partial charge on any atom is -0.378 e. The third-order valence-corrected chi connectivity index (χ3v) is 2.56. The number of benzene rings is 1. The molecule has 1 atom stereocenters. The van der Waals surface area contributed by atoms with Gasteiger partial charge in [0.25, 0.3) is 0 Å². The number of hydrogen-bond acceptors (Lipinski definition) is 1. The number of dihydropyridines is 1. The Morgan fingerprint density at radius 3 is 2.64 bits per heavy atom. The Balaban J connectivity index is 2.29. The average molecular weight is 185 g/mol. The fourth-order valence-corrected chi connectivity index (χ4v) is 1.77. The summed E-state index contributed by atoms with van der Waals surface area (Å²) in [6.45, 7) is 4.24. The van der Waals surface area contributed by atoms with Crippen molar-refractivity contribution < 1.29 is 0 Å². The predicted octanol–water partition coefficient (Wildman–Crippen LogP) is 3.10. The van der Waals surface area contributed by atoms with E-state index in [4.69, 9.17) is 0 Å². The second-order valence-electron chi connectivity index (χ2n) is 3.71. The van der Waals surface area contributed by atoms with Gasteiger partial charge in [-0.3, -0.25) is 0 Å². The van der Waals surface area contributed by atoms with Crippen molar-refractivity contribution in [3.05, 3.63) is 59.3 Å². The highest BCUT2D eigenvalue weighted by Gasteiger charge is 2.11. The molecule has 1 unspecified atom stereocenters. The standard InChI is InChI=1S/C13H15N/c1-10-6-3-4-8-12(10)13-9-5-7-11(2)14-13/h3-9,13-14H,1-2H3. The molecule has 1 aliphatic heterocycles. The molecule has 0 amide bonds. The number of rotatable bonds is 1. The van der Waals surface area contributed by atoms with Crippen LogP contribution in [0, 0.1) is 6.92 Å². The first-order chi connectivity index (χ1) is 6.77. The highest BCUT2D eigenvalue weighted by atomic mass is 14.9. The second-order valence-corrected chi connectivity index (χ2v) is 3.71. The van der Waals surface area contributed by atoms with Crippen LogP contribution < -0.4 is 5.32 Å². The van der Waals surface area contributed by atoms with Gasteiger partial charge in [0.1, 0.15) is 0 Å². The topological polar surface area (TPSA) is 12.0 Å². The van der Waals surface area contributed by atoms with E-state index in [0.29, 0.717) is 6.04 Å². The summed E-state index contributed by atoms with van der Waals surface area (Å²) in [5.41, 5.74) is 3.92. The van der Waals surface area contributed by atoms with Crippen molar-refractivity contribution >= 4 is 0 Å². The summed E-state index contributed by atoms with van der Waals surface area (Å²) in [6.07, 6.45) is 6.40. The van der Waals surface area contributed by atoms with Gasteiger partial charge in [-0.05, 0) is 31.1 Å². The molecule has 1 aliphatic rings. The van der Waals surface area contributed by atoms with E-state index in [2.05, 4.69) is 61.7 Å². The summed E-state index contributed by atoms with van der Waals surface area (Å²) < 4.78 is 0. The minimum absolute atomic E-state index is 0.334. The summed E-state index contributed by atoms with van der Waals surface area (Å²) in [6, 6.07) is 8.83. The quantitative estimate of drug-likeness (QED) is 0.709. The highest BCUT2D eigenvalue weighted by Crippen LogP contribution is 2.21. The van der Waals surface area contributed by atoms with Crippen molar-refractivity contribution in [3.8, 4) is 0 Å². The van der Waals surface area contributed by atoms with Crippen molar-refractivity contribution in [3.63, 3.8) is 0 Å². The van der Waals surface area contributed by atoms with E-state index in [-0.39, 0.29) is 0 Å². The lowest BCUT2D eigenvalue weighted by Crippen LogP contribution is -2.20. The monoisotopic (exact) mass is 185 g/mol. The van der Waals surface area contributed by atoms with E-state index in [9.17, 15) is 0 Å². The molecule has 1 aromatic rings. The lowest BCUT2D eigenvalue weighted by molar-refractivity contribution is 0.700.